The molecule has 3 atom stereocenters. The first-order valence-corrected chi connectivity index (χ1v) is 12.1. The number of hydrogen-bond acceptors (Lipinski definition) is 4. The Morgan fingerprint density at radius 1 is 0.879 bits per heavy atom. The predicted molar refractivity (Wildman–Crippen MR) is 134 cm³/mol. The zero-order valence-electron chi connectivity index (χ0n) is 20.3. The minimum Gasteiger partial charge on any atom is -0.486 e. The first kappa shape index (κ1) is 24.8. The summed E-state index contributed by atoms with van der Waals surface area (Å²) in [5.41, 5.74) is 1.74. The van der Waals surface area contributed by atoms with E-state index in [1.807, 2.05) is 66.7 Å². The van der Waals surface area contributed by atoms with Crippen LogP contribution >= 0.6 is 0 Å². The lowest BCUT2D eigenvalue weighted by atomic mass is 9.98. The van der Waals surface area contributed by atoms with E-state index in [0.717, 1.165) is 42.2 Å². The van der Waals surface area contributed by atoms with Gasteiger partial charge in [-0.05, 0) is 54.3 Å². The fourth-order valence-electron chi connectivity index (χ4n) is 3.86. The highest BCUT2D eigenvalue weighted by molar-refractivity contribution is 5.89. The first-order chi connectivity index (χ1) is 16.0. The third-order valence-electron chi connectivity index (χ3n) is 6.10. The lowest BCUT2D eigenvalue weighted by molar-refractivity contribution is -0.157. The summed E-state index contributed by atoms with van der Waals surface area (Å²) in [6.45, 7) is 8.67. The topological polar surface area (TPSA) is 44.8 Å². The van der Waals surface area contributed by atoms with E-state index < -0.39 is 12.3 Å². The fraction of sp³-hybridized carbons (Fsp3) is 0.414. The molecule has 0 aromatic heterocycles. The van der Waals surface area contributed by atoms with Gasteiger partial charge in [-0.15, -0.1) is 0 Å². The van der Waals surface area contributed by atoms with Gasteiger partial charge in [0.15, 0.2) is 6.61 Å². The second-order valence-electron chi connectivity index (χ2n) is 8.51. The second kappa shape index (κ2) is 12.4. The molecule has 0 fully saturated rings. The van der Waals surface area contributed by atoms with Gasteiger partial charge in [-0.1, -0.05) is 82.6 Å². The fourth-order valence-corrected chi connectivity index (χ4v) is 3.86. The summed E-state index contributed by atoms with van der Waals surface area (Å²) >= 11 is 0. The second-order valence-corrected chi connectivity index (χ2v) is 8.51. The van der Waals surface area contributed by atoms with Gasteiger partial charge in [-0.25, -0.2) is 4.79 Å². The maximum Gasteiger partial charge on any atom is 0.340 e. The molecule has 176 valence electrons. The van der Waals surface area contributed by atoms with Crippen molar-refractivity contribution >= 4 is 16.7 Å². The van der Waals surface area contributed by atoms with E-state index in [-0.39, 0.29) is 12.7 Å². The van der Waals surface area contributed by atoms with E-state index in [2.05, 4.69) is 27.7 Å². The lowest BCUT2D eigenvalue weighted by Crippen LogP contribution is -2.32. The van der Waals surface area contributed by atoms with Crippen LogP contribution in [0.5, 0.6) is 5.75 Å². The molecule has 0 heterocycles. The summed E-state index contributed by atoms with van der Waals surface area (Å²) < 4.78 is 18.1. The standard InChI is InChI=1S/C29H36O4/c1-5-11-25(7-3)32-28(20-31-27-15-10-13-23-12-8-9-14-26(23)27)33-29(30)24-18-16-22(17-19-24)21(4)6-2/h8-10,12-19,21,25,28H,5-7,11,20H2,1-4H3. The molecule has 0 bridgehead atoms. The molecule has 0 amide bonds. The number of rotatable bonds is 12. The lowest BCUT2D eigenvalue weighted by Gasteiger charge is -2.24. The molecule has 0 aliphatic carbocycles. The molecule has 33 heavy (non-hydrogen) atoms. The van der Waals surface area contributed by atoms with Crippen LogP contribution in [-0.2, 0) is 9.47 Å². The zero-order valence-corrected chi connectivity index (χ0v) is 20.3. The van der Waals surface area contributed by atoms with Crippen LogP contribution in [0.25, 0.3) is 10.8 Å². The van der Waals surface area contributed by atoms with Gasteiger partial charge in [0.05, 0.1) is 11.7 Å². The van der Waals surface area contributed by atoms with E-state index in [1.54, 1.807) is 0 Å². The largest absolute Gasteiger partial charge is 0.486 e. The van der Waals surface area contributed by atoms with Gasteiger partial charge in [-0.2, -0.15) is 0 Å². The Hall–Kier alpha value is -2.85. The minimum absolute atomic E-state index is 0.0108. The van der Waals surface area contributed by atoms with Gasteiger partial charge in [0.25, 0.3) is 0 Å². The highest BCUT2D eigenvalue weighted by atomic mass is 16.7. The van der Waals surface area contributed by atoms with Gasteiger partial charge < -0.3 is 14.2 Å². The molecule has 0 spiro atoms. The minimum atomic E-state index is -0.790. The van der Waals surface area contributed by atoms with E-state index in [4.69, 9.17) is 14.2 Å². The normalized spacial score (nSPS) is 13.9. The molecular weight excluding hydrogens is 412 g/mol. The van der Waals surface area contributed by atoms with Crippen molar-refractivity contribution in [2.45, 2.75) is 71.7 Å². The summed E-state index contributed by atoms with van der Waals surface area (Å²) in [6.07, 6.45) is 3.03. The number of esters is 1. The molecule has 0 N–H and O–H groups in total. The summed E-state index contributed by atoms with van der Waals surface area (Å²) in [6, 6.07) is 21.7. The Morgan fingerprint density at radius 3 is 2.30 bits per heavy atom. The molecule has 3 aromatic rings. The molecule has 0 aliphatic heterocycles. The van der Waals surface area contributed by atoms with Crippen LogP contribution in [0, 0.1) is 0 Å². The van der Waals surface area contributed by atoms with Crippen molar-refractivity contribution in [1.29, 1.82) is 0 Å². The van der Waals surface area contributed by atoms with Crippen LogP contribution in [0.3, 0.4) is 0 Å². The smallest absolute Gasteiger partial charge is 0.340 e. The third kappa shape index (κ3) is 6.82. The van der Waals surface area contributed by atoms with Crippen molar-refractivity contribution < 1.29 is 19.0 Å². The monoisotopic (exact) mass is 448 g/mol. The Kier molecular flexibility index (Phi) is 9.32. The highest BCUT2D eigenvalue weighted by Crippen LogP contribution is 2.26. The number of ether oxygens (including phenoxy) is 3. The Bertz CT molecular complexity index is 1010. The number of carbonyl (C=O) groups excluding carboxylic acids is 1. The van der Waals surface area contributed by atoms with Gasteiger partial charge >= 0.3 is 5.97 Å². The Morgan fingerprint density at radius 2 is 1.61 bits per heavy atom. The molecule has 3 aromatic carbocycles. The molecule has 0 radical (unpaired) electrons. The van der Waals surface area contributed by atoms with Crippen molar-refractivity contribution in [3.8, 4) is 5.75 Å². The van der Waals surface area contributed by atoms with Gasteiger partial charge in [0.1, 0.15) is 5.75 Å². The number of hydrogen-bond donors (Lipinski definition) is 0. The highest BCUT2D eigenvalue weighted by Gasteiger charge is 2.22. The average molecular weight is 449 g/mol. The molecule has 3 unspecified atom stereocenters. The van der Waals surface area contributed by atoms with E-state index in [9.17, 15) is 4.79 Å². The van der Waals surface area contributed by atoms with Crippen molar-refractivity contribution in [3.05, 3.63) is 77.9 Å². The van der Waals surface area contributed by atoms with Crippen LogP contribution in [0.1, 0.15) is 75.2 Å². The quantitative estimate of drug-likeness (QED) is 0.212. The Labute approximate surface area is 197 Å². The van der Waals surface area contributed by atoms with E-state index in [1.165, 1.54) is 5.56 Å². The Balaban J connectivity index is 1.73. The maximum absolute atomic E-state index is 12.9. The van der Waals surface area contributed by atoms with Crippen LogP contribution in [0.4, 0.5) is 0 Å². The summed E-state index contributed by atoms with van der Waals surface area (Å²) in [7, 11) is 0. The van der Waals surface area contributed by atoms with Gasteiger partial charge in [0, 0.05) is 5.39 Å². The van der Waals surface area contributed by atoms with Crippen molar-refractivity contribution in [2.24, 2.45) is 0 Å². The van der Waals surface area contributed by atoms with Crippen LogP contribution < -0.4 is 4.74 Å². The van der Waals surface area contributed by atoms with Gasteiger partial charge in [0.2, 0.25) is 6.29 Å². The molecule has 4 heteroatoms. The summed E-state index contributed by atoms with van der Waals surface area (Å²) in [4.78, 5) is 12.9. The van der Waals surface area contributed by atoms with Crippen molar-refractivity contribution in [3.63, 3.8) is 0 Å². The predicted octanol–water partition coefficient (Wildman–Crippen LogP) is 7.51. The molecule has 3 rings (SSSR count). The molecule has 0 saturated heterocycles. The third-order valence-corrected chi connectivity index (χ3v) is 6.10. The number of carbonyl (C=O) groups is 1. The SMILES string of the molecule is CCCC(CC)OC(COc1cccc2ccccc12)OC(=O)c1ccc(C(C)CC)cc1. The first-order valence-electron chi connectivity index (χ1n) is 12.1. The van der Waals surface area contributed by atoms with Crippen LogP contribution in [0.15, 0.2) is 66.7 Å². The molecular formula is C29H36O4. The molecule has 0 aliphatic rings. The molecule has 4 nitrogen and oxygen atoms in total. The number of benzene rings is 3. The van der Waals surface area contributed by atoms with E-state index in [0.29, 0.717) is 11.5 Å². The van der Waals surface area contributed by atoms with Crippen molar-refractivity contribution in [2.75, 3.05) is 6.61 Å². The summed E-state index contributed by atoms with van der Waals surface area (Å²) in [5.74, 6) is 0.808. The van der Waals surface area contributed by atoms with Crippen molar-refractivity contribution in [1.82, 2.24) is 0 Å². The molecule has 0 saturated carbocycles. The van der Waals surface area contributed by atoms with Crippen LogP contribution in [-0.4, -0.2) is 25.0 Å². The number of fused-ring (bicyclic) bond motifs is 1. The zero-order chi connectivity index (χ0) is 23.6. The summed E-state index contributed by atoms with van der Waals surface area (Å²) in [5, 5.41) is 2.12. The van der Waals surface area contributed by atoms with E-state index >= 15 is 0 Å². The maximum atomic E-state index is 12.9. The van der Waals surface area contributed by atoms with Gasteiger partial charge in [-0.3, -0.25) is 0 Å². The van der Waals surface area contributed by atoms with Crippen LogP contribution in [0.2, 0.25) is 0 Å². The average Bonchev–Trinajstić information content (AvgIpc) is 2.86.